The Balaban J connectivity index is 1.52. The van der Waals surface area contributed by atoms with Crippen molar-refractivity contribution in [1.82, 2.24) is 15.0 Å². The van der Waals surface area contributed by atoms with Gasteiger partial charge < -0.3 is 9.47 Å². The van der Waals surface area contributed by atoms with E-state index in [0.29, 0.717) is 5.56 Å². The van der Waals surface area contributed by atoms with Crippen LogP contribution in [0.5, 0.6) is 11.5 Å². The van der Waals surface area contributed by atoms with E-state index in [1.54, 1.807) is 12.4 Å². The first-order valence-corrected chi connectivity index (χ1v) is 17.8. The van der Waals surface area contributed by atoms with Gasteiger partial charge in [0, 0.05) is 40.1 Å². The number of carbonyl (C=O) groups excluding carboxylic acids is 1. The van der Waals surface area contributed by atoms with Crippen LogP contribution in [0.2, 0.25) is 0 Å². The van der Waals surface area contributed by atoms with Crippen molar-refractivity contribution in [1.29, 1.82) is 0 Å². The van der Waals surface area contributed by atoms with Crippen LogP contribution in [0.4, 0.5) is 0 Å². The summed E-state index contributed by atoms with van der Waals surface area (Å²) < 4.78 is 12.3. The highest BCUT2D eigenvalue weighted by Crippen LogP contribution is 2.57. The number of hydrogen-bond acceptors (Lipinski definition) is 6. The minimum Gasteiger partial charge on any atom is -0.465 e. The average Bonchev–Trinajstić information content (AvgIpc) is 3.13. The van der Waals surface area contributed by atoms with Crippen molar-refractivity contribution >= 4 is 5.97 Å². The van der Waals surface area contributed by atoms with Crippen LogP contribution in [-0.4, -0.2) is 28.0 Å². The van der Waals surface area contributed by atoms with Crippen molar-refractivity contribution in [2.24, 2.45) is 0 Å². The third-order valence-electron chi connectivity index (χ3n) is 10.0. The molecule has 0 unspecified atom stereocenters. The van der Waals surface area contributed by atoms with Gasteiger partial charge in [-0.05, 0) is 87.7 Å². The molecule has 0 bridgehead atoms. The van der Waals surface area contributed by atoms with Crippen LogP contribution in [0, 0.1) is 0 Å². The summed E-state index contributed by atoms with van der Waals surface area (Å²) in [5.41, 5.74) is 11.4. The zero-order valence-electron chi connectivity index (χ0n) is 31.5. The summed E-state index contributed by atoms with van der Waals surface area (Å²) in [6, 6.07) is 32.6. The molecule has 0 saturated heterocycles. The quantitative estimate of drug-likeness (QED) is 0.168. The van der Waals surface area contributed by atoms with Crippen LogP contribution < -0.4 is 4.74 Å². The number of pyridine rings is 3. The summed E-state index contributed by atoms with van der Waals surface area (Å²) in [6.07, 6.45) is 3.58. The smallest absolute Gasteiger partial charge is 0.337 e. The molecule has 0 amide bonds. The molecular formula is C46H45N3O3. The Morgan fingerprint density at radius 2 is 1.27 bits per heavy atom. The van der Waals surface area contributed by atoms with Crippen molar-refractivity contribution in [3.63, 3.8) is 0 Å². The van der Waals surface area contributed by atoms with Crippen molar-refractivity contribution in [3.05, 3.63) is 137 Å². The van der Waals surface area contributed by atoms with E-state index in [2.05, 4.69) is 102 Å². The molecule has 0 spiro atoms. The maximum atomic E-state index is 12.4. The number of fused-ring (bicyclic) bond motifs is 2. The number of benzene rings is 3. The van der Waals surface area contributed by atoms with Gasteiger partial charge >= 0.3 is 5.97 Å². The van der Waals surface area contributed by atoms with Gasteiger partial charge in [-0.25, -0.2) is 9.78 Å². The highest BCUT2D eigenvalue weighted by Gasteiger charge is 2.42. The molecule has 1 aliphatic heterocycles. The lowest BCUT2D eigenvalue weighted by molar-refractivity contribution is 0.0600. The molecule has 0 atom stereocenters. The first kappa shape index (κ1) is 34.8. The number of hydrogen-bond donors (Lipinski definition) is 0. The minimum absolute atomic E-state index is 0.123. The van der Waals surface area contributed by atoms with Gasteiger partial charge in [0.25, 0.3) is 0 Å². The molecule has 262 valence electrons. The van der Waals surface area contributed by atoms with Crippen LogP contribution >= 0.6 is 0 Å². The van der Waals surface area contributed by atoms with E-state index in [-0.39, 0.29) is 16.8 Å². The van der Waals surface area contributed by atoms with E-state index in [1.165, 1.54) is 23.8 Å². The number of rotatable bonds is 5. The highest BCUT2D eigenvalue weighted by atomic mass is 16.5. The SMILES string of the molecule is COC(=O)c1ccc(-c2cc(C(C)(C)C)cc3c2Oc2c(-c4cc(-c5ccccn5)nc(-c5ccccn5)c4)ccc(C(C)(C)C)c2C3(C)C)cc1. The lowest BCUT2D eigenvalue weighted by atomic mass is 9.67. The Morgan fingerprint density at radius 1 is 0.654 bits per heavy atom. The molecule has 0 saturated carbocycles. The Hall–Kier alpha value is -5.62. The molecule has 52 heavy (non-hydrogen) atoms. The second-order valence-electron chi connectivity index (χ2n) is 16.1. The molecule has 4 heterocycles. The number of carbonyl (C=O) groups is 1. The van der Waals surface area contributed by atoms with E-state index in [4.69, 9.17) is 14.5 Å². The van der Waals surface area contributed by atoms with Gasteiger partial charge in [0.15, 0.2) is 0 Å². The first-order chi connectivity index (χ1) is 24.7. The maximum absolute atomic E-state index is 12.4. The molecule has 0 N–H and O–H groups in total. The predicted molar refractivity (Wildman–Crippen MR) is 209 cm³/mol. The lowest BCUT2D eigenvalue weighted by Crippen LogP contribution is -2.30. The molecule has 0 aliphatic carbocycles. The summed E-state index contributed by atoms with van der Waals surface area (Å²) in [5, 5.41) is 0. The minimum atomic E-state index is -0.440. The van der Waals surface area contributed by atoms with Crippen molar-refractivity contribution < 1.29 is 14.3 Å². The molecule has 6 aromatic rings. The third-order valence-corrected chi connectivity index (χ3v) is 10.0. The fourth-order valence-corrected chi connectivity index (χ4v) is 7.13. The van der Waals surface area contributed by atoms with Crippen molar-refractivity contribution in [3.8, 4) is 56.5 Å². The van der Waals surface area contributed by atoms with Crippen LogP contribution in [0.1, 0.15) is 88.0 Å². The predicted octanol–water partition coefficient (Wildman–Crippen LogP) is 11.4. The molecular weight excluding hydrogens is 643 g/mol. The fraction of sp³-hybridized carbons (Fsp3) is 0.261. The number of aromatic nitrogens is 3. The van der Waals surface area contributed by atoms with Gasteiger partial charge in [0.05, 0.1) is 35.4 Å². The number of esters is 1. The molecule has 0 fully saturated rings. The van der Waals surface area contributed by atoms with Crippen molar-refractivity contribution in [2.45, 2.75) is 71.6 Å². The van der Waals surface area contributed by atoms with Gasteiger partial charge in [-0.15, -0.1) is 0 Å². The third kappa shape index (κ3) is 6.27. The summed E-state index contributed by atoms with van der Waals surface area (Å²) in [7, 11) is 1.40. The Kier molecular flexibility index (Phi) is 8.61. The molecule has 0 radical (unpaired) electrons. The largest absolute Gasteiger partial charge is 0.465 e. The molecule has 7 rings (SSSR count). The van der Waals surface area contributed by atoms with Crippen LogP contribution in [-0.2, 0) is 21.0 Å². The van der Waals surface area contributed by atoms with Gasteiger partial charge in [-0.1, -0.05) is 97.9 Å². The molecule has 6 nitrogen and oxygen atoms in total. The standard InChI is InChI=1S/C46H45N3O3/c1-44(2,3)31-26-33(28-16-18-29(19-17-28)43(50)51-9)41-35(27-31)46(7,8)40-34(45(4,5)6)21-20-32(42(40)52-41)30-24-38(36-14-10-12-22-47-36)49-39(25-30)37-15-11-13-23-48-37/h10-27H,1-9H3. The van der Waals surface area contributed by atoms with E-state index in [0.717, 1.165) is 62.1 Å². The Labute approximate surface area is 307 Å². The van der Waals surface area contributed by atoms with E-state index in [9.17, 15) is 4.79 Å². The van der Waals surface area contributed by atoms with Gasteiger partial charge in [0.1, 0.15) is 11.5 Å². The summed E-state index contributed by atoms with van der Waals surface area (Å²) in [4.78, 5) is 26.7. The number of nitrogens with zero attached hydrogens (tertiary/aromatic N) is 3. The monoisotopic (exact) mass is 687 g/mol. The molecule has 6 heteroatoms. The van der Waals surface area contributed by atoms with E-state index >= 15 is 0 Å². The van der Waals surface area contributed by atoms with Gasteiger partial charge in [-0.3, -0.25) is 9.97 Å². The number of ether oxygens (including phenoxy) is 2. The number of methoxy groups -OCH3 is 1. The van der Waals surface area contributed by atoms with Crippen LogP contribution in [0.3, 0.4) is 0 Å². The lowest BCUT2D eigenvalue weighted by Gasteiger charge is -2.41. The maximum Gasteiger partial charge on any atom is 0.337 e. The topological polar surface area (TPSA) is 74.2 Å². The molecule has 3 aromatic carbocycles. The average molecular weight is 688 g/mol. The van der Waals surface area contributed by atoms with Crippen LogP contribution in [0.25, 0.3) is 45.0 Å². The summed E-state index contributed by atoms with van der Waals surface area (Å²) in [6.45, 7) is 18.1. The second kappa shape index (κ2) is 12.9. The fourth-order valence-electron chi connectivity index (χ4n) is 7.13. The Morgan fingerprint density at radius 3 is 1.79 bits per heavy atom. The zero-order valence-corrected chi connectivity index (χ0v) is 31.5. The van der Waals surface area contributed by atoms with E-state index < -0.39 is 5.41 Å². The summed E-state index contributed by atoms with van der Waals surface area (Å²) in [5.74, 6) is 1.27. The van der Waals surface area contributed by atoms with E-state index in [1.807, 2.05) is 60.7 Å². The second-order valence-corrected chi connectivity index (χ2v) is 16.1. The Bertz CT molecular complexity index is 2240. The van der Waals surface area contributed by atoms with Crippen LogP contribution in [0.15, 0.2) is 109 Å². The molecule has 3 aromatic heterocycles. The van der Waals surface area contributed by atoms with Gasteiger partial charge in [-0.2, -0.15) is 0 Å². The van der Waals surface area contributed by atoms with Crippen molar-refractivity contribution in [2.75, 3.05) is 7.11 Å². The normalized spacial score (nSPS) is 13.5. The first-order valence-electron chi connectivity index (χ1n) is 17.8. The summed E-state index contributed by atoms with van der Waals surface area (Å²) >= 11 is 0. The highest BCUT2D eigenvalue weighted by molar-refractivity contribution is 5.90. The zero-order chi connectivity index (χ0) is 37.0. The van der Waals surface area contributed by atoms with Gasteiger partial charge in [0.2, 0.25) is 0 Å². The molecule has 1 aliphatic rings.